The van der Waals surface area contributed by atoms with Gasteiger partial charge in [-0.05, 0) is 92.5 Å². The quantitative estimate of drug-likeness (QED) is 0.376. The zero-order valence-electron chi connectivity index (χ0n) is 21.1. The summed E-state index contributed by atoms with van der Waals surface area (Å²) in [7, 11) is -4.00. The molecule has 3 aromatic carbocycles. The molecule has 1 aliphatic rings. The maximum Gasteiger partial charge on any atom is 0.264 e. The second kappa shape index (κ2) is 11.1. The van der Waals surface area contributed by atoms with Gasteiger partial charge in [-0.15, -0.1) is 0 Å². The molecule has 7 heteroatoms. The van der Waals surface area contributed by atoms with E-state index in [9.17, 15) is 13.2 Å². The molecule has 0 heterocycles. The van der Waals surface area contributed by atoms with Gasteiger partial charge in [0.1, 0.15) is 6.54 Å². The Balaban J connectivity index is 1.62. The van der Waals surface area contributed by atoms with Gasteiger partial charge in [0.2, 0.25) is 5.91 Å². The molecule has 0 radical (unpaired) electrons. The minimum Gasteiger partial charge on any atom is -0.348 e. The molecule has 1 aliphatic carbocycles. The summed E-state index contributed by atoms with van der Waals surface area (Å²) in [6.45, 7) is 5.41. The maximum absolute atomic E-state index is 13.7. The van der Waals surface area contributed by atoms with Crippen molar-refractivity contribution in [1.82, 2.24) is 5.32 Å². The molecule has 0 saturated carbocycles. The molecule has 1 atom stereocenters. The number of amides is 1. The monoisotopic (exact) mass is 524 g/mol. The topological polar surface area (TPSA) is 66.5 Å². The van der Waals surface area contributed by atoms with E-state index in [0.717, 1.165) is 33.8 Å². The average molecular weight is 525 g/mol. The standard InChI is InChI=1S/C29H33ClN2O3S/c1-4-28(24-13-12-22-7-5-6-8-23(22)17-24)31-29(33)19-32(25-14-11-21(3)27(30)18-25)36(34,35)26-15-9-20(2)10-16-26/h9-18,28H,4-8,19H2,1-3H3,(H,31,33)/t28-/m0/s1. The Labute approximate surface area is 219 Å². The fraction of sp³-hybridized carbons (Fsp3) is 0.345. The largest absolute Gasteiger partial charge is 0.348 e. The summed E-state index contributed by atoms with van der Waals surface area (Å²) in [4.78, 5) is 13.4. The summed E-state index contributed by atoms with van der Waals surface area (Å²) in [5, 5.41) is 3.51. The third kappa shape index (κ3) is 5.76. The third-order valence-electron chi connectivity index (χ3n) is 6.86. The zero-order valence-corrected chi connectivity index (χ0v) is 22.6. The fourth-order valence-electron chi connectivity index (χ4n) is 4.65. The number of nitrogens with zero attached hydrogens (tertiary/aromatic N) is 1. The lowest BCUT2D eigenvalue weighted by Gasteiger charge is -2.26. The normalized spacial score (nSPS) is 14.1. The Kier molecular flexibility index (Phi) is 8.06. The summed E-state index contributed by atoms with van der Waals surface area (Å²) in [6.07, 6.45) is 5.26. The van der Waals surface area contributed by atoms with Crippen molar-refractivity contribution in [3.05, 3.63) is 93.5 Å². The molecular weight excluding hydrogens is 492 g/mol. The van der Waals surface area contributed by atoms with Gasteiger partial charge in [0.25, 0.3) is 10.0 Å². The lowest BCUT2D eigenvalue weighted by atomic mass is 9.89. The summed E-state index contributed by atoms with van der Waals surface area (Å²) in [6, 6.07) is 17.9. The van der Waals surface area contributed by atoms with Crippen LogP contribution in [0.25, 0.3) is 0 Å². The number of rotatable bonds is 8. The van der Waals surface area contributed by atoms with E-state index in [1.54, 1.807) is 42.5 Å². The number of aryl methyl sites for hydroxylation is 4. The van der Waals surface area contributed by atoms with E-state index in [-0.39, 0.29) is 23.4 Å². The van der Waals surface area contributed by atoms with Crippen LogP contribution in [0.1, 0.15) is 60.0 Å². The highest BCUT2D eigenvalue weighted by Gasteiger charge is 2.28. The first kappa shape index (κ1) is 26.2. The van der Waals surface area contributed by atoms with Gasteiger partial charge < -0.3 is 5.32 Å². The number of carbonyl (C=O) groups is 1. The number of hydrogen-bond acceptors (Lipinski definition) is 3. The van der Waals surface area contributed by atoms with Crippen molar-refractivity contribution < 1.29 is 13.2 Å². The number of anilines is 1. The van der Waals surface area contributed by atoms with Gasteiger partial charge >= 0.3 is 0 Å². The van der Waals surface area contributed by atoms with Gasteiger partial charge in [-0.25, -0.2) is 8.42 Å². The van der Waals surface area contributed by atoms with Crippen LogP contribution in [-0.4, -0.2) is 20.9 Å². The van der Waals surface area contributed by atoms with E-state index >= 15 is 0 Å². The molecule has 3 aromatic rings. The van der Waals surface area contributed by atoms with Gasteiger partial charge in [0.15, 0.2) is 0 Å². The van der Waals surface area contributed by atoms with Crippen molar-refractivity contribution in [1.29, 1.82) is 0 Å². The van der Waals surface area contributed by atoms with Crippen molar-refractivity contribution in [3.8, 4) is 0 Å². The molecule has 1 N–H and O–H groups in total. The summed E-state index contributed by atoms with van der Waals surface area (Å²) < 4.78 is 28.5. The van der Waals surface area contributed by atoms with Crippen LogP contribution < -0.4 is 9.62 Å². The number of nitrogens with one attached hydrogen (secondary N) is 1. The molecule has 4 rings (SSSR count). The lowest BCUT2D eigenvalue weighted by Crippen LogP contribution is -2.42. The minimum atomic E-state index is -4.00. The van der Waals surface area contributed by atoms with E-state index in [1.807, 2.05) is 20.8 Å². The Morgan fingerprint density at radius 3 is 2.33 bits per heavy atom. The van der Waals surface area contributed by atoms with Crippen LogP contribution in [0.3, 0.4) is 0 Å². The van der Waals surface area contributed by atoms with E-state index in [0.29, 0.717) is 17.1 Å². The molecule has 0 saturated heterocycles. The molecule has 36 heavy (non-hydrogen) atoms. The molecule has 0 unspecified atom stereocenters. The van der Waals surface area contributed by atoms with E-state index in [1.165, 1.54) is 24.0 Å². The third-order valence-corrected chi connectivity index (χ3v) is 9.05. The number of halogens is 1. The number of sulfonamides is 1. The first-order valence-corrected chi connectivity index (χ1v) is 14.3. The van der Waals surface area contributed by atoms with Crippen LogP contribution in [0.15, 0.2) is 65.6 Å². The van der Waals surface area contributed by atoms with Crippen molar-refractivity contribution in [2.24, 2.45) is 0 Å². The SMILES string of the molecule is CC[C@H](NC(=O)CN(c1ccc(C)c(Cl)c1)S(=O)(=O)c1ccc(C)cc1)c1ccc2c(c1)CCCC2. The van der Waals surface area contributed by atoms with Gasteiger partial charge in [0, 0.05) is 5.02 Å². The van der Waals surface area contributed by atoms with E-state index in [4.69, 9.17) is 11.6 Å². The second-order valence-electron chi connectivity index (χ2n) is 9.52. The zero-order chi connectivity index (χ0) is 25.9. The van der Waals surface area contributed by atoms with Crippen molar-refractivity contribution in [3.63, 3.8) is 0 Å². The highest BCUT2D eigenvalue weighted by molar-refractivity contribution is 7.92. The Bertz CT molecular complexity index is 1350. The highest BCUT2D eigenvalue weighted by atomic mass is 35.5. The first-order valence-electron chi connectivity index (χ1n) is 12.5. The van der Waals surface area contributed by atoms with Crippen LogP contribution in [-0.2, 0) is 27.7 Å². The minimum absolute atomic E-state index is 0.124. The van der Waals surface area contributed by atoms with Gasteiger partial charge in [-0.3, -0.25) is 9.10 Å². The van der Waals surface area contributed by atoms with Crippen LogP contribution in [0.2, 0.25) is 5.02 Å². The van der Waals surface area contributed by atoms with Gasteiger partial charge in [0.05, 0.1) is 16.6 Å². The van der Waals surface area contributed by atoms with Crippen molar-refractivity contribution >= 4 is 33.2 Å². The molecule has 5 nitrogen and oxygen atoms in total. The smallest absolute Gasteiger partial charge is 0.264 e. The number of hydrogen-bond donors (Lipinski definition) is 1. The summed E-state index contributed by atoms with van der Waals surface area (Å²) in [5.74, 6) is -0.369. The molecule has 0 fully saturated rings. The summed E-state index contributed by atoms with van der Waals surface area (Å²) >= 11 is 6.33. The predicted molar refractivity (Wildman–Crippen MR) is 146 cm³/mol. The molecule has 0 bridgehead atoms. The molecule has 0 spiro atoms. The molecule has 1 amide bonds. The predicted octanol–water partition coefficient (Wildman–Crippen LogP) is 6.30. The lowest BCUT2D eigenvalue weighted by molar-refractivity contribution is -0.120. The number of benzene rings is 3. The molecule has 0 aromatic heterocycles. The maximum atomic E-state index is 13.7. The Hall–Kier alpha value is -2.83. The Morgan fingerprint density at radius 1 is 0.972 bits per heavy atom. The Morgan fingerprint density at radius 2 is 1.67 bits per heavy atom. The molecule has 0 aliphatic heterocycles. The van der Waals surface area contributed by atoms with Crippen molar-refractivity contribution in [2.45, 2.75) is 63.8 Å². The number of fused-ring (bicyclic) bond motifs is 1. The van der Waals surface area contributed by atoms with Crippen LogP contribution in [0, 0.1) is 13.8 Å². The van der Waals surface area contributed by atoms with E-state index in [2.05, 4.69) is 23.5 Å². The fourth-order valence-corrected chi connectivity index (χ4v) is 6.24. The van der Waals surface area contributed by atoms with Crippen LogP contribution in [0.4, 0.5) is 5.69 Å². The molecular formula is C29H33ClN2O3S. The number of carbonyl (C=O) groups excluding carboxylic acids is 1. The van der Waals surface area contributed by atoms with Crippen LogP contribution in [0.5, 0.6) is 0 Å². The van der Waals surface area contributed by atoms with Crippen molar-refractivity contribution in [2.75, 3.05) is 10.8 Å². The van der Waals surface area contributed by atoms with Gasteiger partial charge in [-0.2, -0.15) is 0 Å². The van der Waals surface area contributed by atoms with Crippen LogP contribution >= 0.6 is 11.6 Å². The molecule has 190 valence electrons. The first-order chi connectivity index (χ1) is 17.2. The van der Waals surface area contributed by atoms with Gasteiger partial charge in [-0.1, -0.05) is 60.5 Å². The highest BCUT2D eigenvalue weighted by Crippen LogP contribution is 2.29. The average Bonchev–Trinajstić information content (AvgIpc) is 2.87. The van der Waals surface area contributed by atoms with E-state index < -0.39 is 10.0 Å². The summed E-state index contributed by atoms with van der Waals surface area (Å²) in [5.41, 5.74) is 5.92. The second-order valence-corrected chi connectivity index (χ2v) is 11.8.